The zero-order valence-electron chi connectivity index (χ0n) is 12.4. The maximum Gasteiger partial charge on any atom is 0.0410 e. The van der Waals surface area contributed by atoms with Crippen LogP contribution in [0.5, 0.6) is 0 Å². The number of hydrogen-bond donors (Lipinski definition) is 0. The summed E-state index contributed by atoms with van der Waals surface area (Å²) in [6.07, 6.45) is 14.3. The van der Waals surface area contributed by atoms with Crippen molar-refractivity contribution in [3.63, 3.8) is 0 Å². The quantitative estimate of drug-likeness (QED) is 0.569. The van der Waals surface area contributed by atoms with Crippen molar-refractivity contribution >= 4 is 27.5 Å². The van der Waals surface area contributed by atoms with Gasteiger partial charge in [-0.25, -0.2) is 0 Å². The van der Waals surface area contributed by atoms with Gasteiger partial charge in [0.25, 0.3) is 0 Å². The van der Waals surface area contributed by atoms with Crippen LogP contribution in [0.1, 0.15) is 57.4 Å². The van der Waals surface area contributed by atoms with Crippen LogP contribution < -0.4 is 0 Å². The number of hydrogen-bond acceptors (Lipinski definition) is 1. The minimum absolute atomic E-state index is 0.298. The molecule has 0 N–H and O–H groups in total. The van der Waals surface area contributed by atoms with E-state index in [1.165, 1.54) is 50.5 Å². The molecular formula is C17H25BrClN. The maximum atomic E-state index is 6.35. The third kappa shape index (κ3) is 4.46. The van der Waals surface area contributed by atoms with Crippen molar-refractivity contribution in [3.05, 3.63) is 28.5 Å². The van der Waals surface area contributed by atoms with Gasteiger partial charge in [-0.05, 0) is 71.0 Å². The topological polar surface area (TPSA) is 12.9 Å². The van der Waals surface area contributed by atoms with Gasteiger partial charge in [0.05, 0.1) is 0 Å². The summed E-state index contributed by atoms with van der Waals surface area (Å²) in [5.74, 6) is 1.71. The fourth-order valence-electron chi connectivity index (χ4n) is 3.41. The Morgan fingerprint density at radius 1 is 1.35 bits per heavy atom. The summed E-state index contributed by atoms with van der Waals surface area (Å²) in [7, 11) is 0. The molecule has 0 radical (unpaired) electrons. The second-order valence-corrected chi connectivity index (χ2v) is 7.59. The number of aromatic nitrogens is 1. The molecule has 2 rings (SSSR count). The second kappa shape index (κ2) is 7.79. The van der Waals surface area contributed by atoms with Crippen molar-refractivity contribution in [2.75, 3.05) is 5.88 Å². The monoisotopic (exact) mass is 357 g/mol. The zero-order chi connectivity index (χ0) is 14.4. The van der Waals surface area contributed by atoms with Crippen molar-refractivity contribution in [2.24, 2.45) is 11.3 Å². The van der Waals surface area contributed by atoms with Crippen molar-refractivity contribution < 1.29 is 0 Å². The lowest BCUT2D eigenvalue weighted by molar-refractivity contribution is 0.166. The van der Waals surface area contributed by atoms with E-state index in [1.54, 1.807) is 0 Å². The first-order chi connectivity index (χ1) is 9.67. The van der Waals surface area contributed by atoms with Gasteiger partial charge in [0.2, 0.25) is 0 Å². The van der Waals surface area contributed by atoms with Gasteiger partial charge in [-0.3, -0.25) is 4.98 Å². The Morgan fingerprint density at radius 3 is 2.70 bits per heavy atom. The van der Waals surface area contributed by atoms with Crippen molar-refractivity contribution in [1.29, 1.82) is 0 Å². The van der Waals surface area contributed by atoms with Crippen molar-refractivity contribution in [3.8, 4) is 0 Å². The molecule has 0 unspecified atom stereocenters. The fraction of sp³-hybridized carbons (Fsp3) is 0.706. The molecule has 3 heteroatoms. The van der Waals surface area contributed by atoms with Crippen LogP contribution in [0.3, 0.4) is 0 Å². The minimum Gasteiger partial charge on any atom is -0.263 e. The molecule has 0 spiro atoms. The Balaban J connectivity index is 1.94. The highest BCUT2D eigenvalue weighted by Gasteiger charge is 2.34. The summed E-state index contributed by atoms with van der Waals surface area (Å²) in [4.78, 5) is 4.28. The number of nitrogens with zero attached hydrogens (tertiary/aromatic N) is 1. The van der Waals surface area contributed by atoms with Gasteiger partial charge in [-0.15, -0.1) is 11.6 Å². The zero-order valence-corrected chi connectivity index (χ0v) is 14.7. The highest BCUT2D eigenvalue weighted by Crippen LogP contribution is 2.43. The average Bonchev–Trinajstić information content (AvgIpc) is 2.47. The predicted molar refractivity (Wildman–Crippen MR) is 90.3 cm³/mol. The van der Waals surface area contributed by atoms with E-state index in [2.05, 4.69) is 33.9 Å². The van der Waals surface area contributed by atoms with Crippen LogP contribution in [-0.2, 0) is 6.42 Å². The van der Waals surface area contributed by atoms with Gasteiger partial charge >= 0.3 is 0 Å². The molecular weight excluding hydrogens is 334 g/mol. The van der Waals surface area contributed by atoms with Gasteiger partial charge in [0.15, 0.2) is 0 Å². The molecule has 1 aromatic rings. The van der Waals surface area contributed by atoms with Crippen LogP contribution >= 0.6 is 27.5 Å². The van der Waals surface area contributed by atoms with E-state index >= 15 is 0 Å². The number of alkyl halides is 1. The lowest BCUT2D eigenvalue weighted by atomic mass is 9.68. The molecule has 112 valence electrons. The first-order valence-corrected chi connectivity index (χ1v) is 9.15. The number of pyridine rings is 1. The van der Waals surface area contributed by atoms with Crippen LogP contribution in [-0.4, -0.2) is 10.9 Å². The molecule has 1 heterocycles. The second-order valence-electron chi connectivity index (χ2n) is 6.41. The molecule has 1 saturated carbocycles. The minimum atomic E-state index is 0.298. The average molecular weight is 359 g/mol. The van der Waals surface area contributed by atoms with Crippen molar-refractivity contribution in [1.82, 2.24) is 4.98 Å². The largest absolute Gasteiger partial charge is 0.263 e. The van der Waals surface area contributed by atoms with E-state index < -0.39 is 0 Å². The third-order valence-electron chi connectivity index (χ3n) is 4.76. The predicted octanol–water partition coefficient (Wildman–Crippen LogP) is 5.99. The Morgan fingerprint density at radius 2 is 2.10 bits per heavy atom. The molecule has 0 saturated heterocycles. The highest BCUT2D eigenvalue weighted by atomic mass is 79.9. The molecule has 0 aromatic carbocycles. The Hall–Kier alpha value is -0.0800. The van der Waals surface area contributed by atoms with Crippen LogP contribution in [0.2, 0.25) is 0 Å². The number of unbranched alkanes of at least 4 members (excludes halogenated alkanes) is 1. The first kappa shape index (κ1) is 16.3. The van der Waals surface area contributed by atoms with Gasteiger partial charge in [-0.2, -0.15) is 0 Å². The van der Waals surface area contributed by atoms with Gasteiger partial charge < -0.3 is 0 Å². The van der Waals surface area contributed by atoms with E-state index in [9.17, 15) is 0 Å². The number of halogens is 2. The maximum absolute atomic E-state index is 6.35. The fourth-order valence-corrected chi connectivity index (χ4v) is 4.19. The standard InChI is InChI=1S/C17H25BrClN/c1-2-3-4-14-5-7-17(13-19,8-6-14)10-15-9-16(18)12-20-11-15/h9,11-12,14H,2-8,10,13H2,1H3. The van der Waals surface area contributed by atoms with Crippen LogP contribution in [0.25, 0.3) is 0 Å². The van der Waals surface area contributed by atoms with E-state index in [-0.39, 0.29) is 0 Å². The smallest absolute Gasteiger partial charge is 0.0410 e. The molecule has 0 amide bonds. The summed E-state index contributed by atoms with van der Waals surface area (Å²) in [6.45, 7) is 2.28. The molecule has 1 aliphatic carbocycles. The Labute approximate surface area is 136 Å². The van der Waals surface area contributed by atoms with Gasteiger partial charge in [0.1, 0.15) is 0 Å². The first-order valence-electron chi connectivity index (χ1n) is 7.83. The van der Waals surface area contributed by atoms with Gasteiger partial charge in [0, 0.05) is 22.7 Å². The molecule has 0 bridgehead atoms. The molecule has 0 atom stereocenters. The molecule has 1 nitrogen and oxygen atoms in total. The normalized spacial score (nSPS) is 26.6. The van der Waals surface area contributed by atoms with E-state index in [0.717, 1.165) is 22.7 Å². The van der Waals surface area contributed by atoms with Crippen LogP contribution in [0.4, 0.5) is 0 Å². The van der Waals surface area contributed by atoms with Crippen LogP contribution in [0, 0.1) is 11.3 Å². The van der Waals surface area contributed by atoms with E-state index in [0.29, 0.717) is 5.41 Å². The number of rotatable bonds is 6. The van der Waals surface area contributed by atoms with Crippen LogP contribution in [0.15, 0.2) is 22.9 Å². The summed E-state index contributed by atoms with van der Waals surface area (Å²) in [5.41, 5.74) is 1.61. The SMILES string of the molecule is CCCCC1CCC(CCl)(Cc2cncc(Br)c2)CC1. The molecule has 1 aliphatic rings. The highest BCUT2D eigenvalue weighted by molar-refractivity contribution is 9.10. The Kier molecular flexibility index (Phi) is 6.35. The summed E-state index contributed by atoms with van der Waals surface area (Å²) < 4.78 is 1.07. The summed E-state index contributed by atoms with van der Waals surface area (Å²) in [5, 5.41) is 0. The lowest BCUT2D eigenvalue weighted by Gasteiger charge is -2.39. The summed E-state index contributed by atoms with van der Waals surface area (Å²) in [6, 6.07) is 2.18. The lowest BCUT2D eigenvalue weighted by Crippen LogP contribution is -2.31. The third-order valence-corrected chi connectivity index (χ3v) is 5.76. The van der Waals surface area contributed by atoms with E-state index in [1.807, 2.05) is 12.4 Å². The molecule has 1 fully saturated rings. The van der Waals surface area contributed by atoms with Crippen molar-refractivity contribution in [2.45, 2.75) is 58.3 Å². The molecule has 0 aliphatic heterocycles. The van der Waals surface area contributed by atoms with Gasteiger partial charge in [-0.1, -0.05) is 26.2 Å². The van der Waals surface area contributed by atoms with E-state index in [4.69, 9.17) is 11.6 Å². The molecule has 1 aromatic heterocycles. The molecule has 20 heavy (non-hydrogen) atoms. The summed E-state index contributed by atoms with van der Waals surface area (Å²) >= 11 is 9.86. The Bertz CT molecular complexity index is 413.